The lowest BCUT2D eigenvalue weighted by Crippen LogP contribution is -1.77. The number of aromatic nitrogens is 1. The first-order valence-corrected chi connectivity index (χ1v) is 3.13. The molecule has 0 aliphatic carbocycles. The van der Waals surface area contributed by atoms with Crippen LogP contribution >= 0.6 is 22.9 Å². The van der Waals surface area contributed by atoms with Crippen LogP contribution in [0.25, 0.3) is 0 Å². The number of rotatable bonds is 1. The van der Waals surface area contributed by atoms with Crippen molar-refractivity contribution >= 4 is 22.9 Å². The average molecular weight is 148 g/mol. The number of hydrogen-bond acceptors (Lipinski definition) is 2. The van der Waals surface area contributed by atoms with Gasteiger partial charge >= 0.3 is 0 Å². The van der Waals surface area contributed by atoms with Gasteiger partial charge in [0.25, 0.3) is 0 Å². The Kier molecular flexibility index (Phi) is 1.83. The molecule has 1 aromatic heterocycles. The fraction of sp³-hybridized carbons (Fsp3) is 0.250. The molecule has 8 heavy (non-hydrogen) atoms. The summed E-state index contributed by atoms with van der Waals surface area (Å²) in [7, 11) is 0. The molecular formula is C4H2ClNOS. The Labute approximate surface area is 55.8 Å². The van der Waals surface area contributed by atoms with Crippen molar-refractivity contribution in [2.45, 2.75) is 6.61 Å². The predicted molar refractivity (Wildman–Crippen MR) is 30.4 cm³/mol. The molecule has 0 saturated heterocycles. The molecule has 0 unspecified atom stereocenters. The summed E-state index contributed by atoms with van der Waals surface area (Å²) in [6, 6.07) is 0. The van der Waals surface area contributed by atoms with Gasteiger partial charge in [-0.15, -0.1) is 11.3 Å². The molecule has 0 aliphatic rings. The molecule has 0 aliphatic heterocycles. The normalized spacial score (nSPS) is 9.75. The average Bonchev–Trinajstić information content (AvgIpc) is 2.14. The molecule has 0 saturated carbocycles. The van der Waals surface area contributed by atoms with Gasteiger partial charge in [-0.05, 0) is 0 Å². The first-order chi connectivity index (χ1) is 3.83. The van der Waals surface area contributed by atoms with E-state index in [0.717, 1.165) is 11.3 Å². The van der Waals surface area contributed by atoms with E-state index in [4.69, 9.17) is 11.6 Å². The van der Waals surface area contributed by atoms with Gasteiger partial charge < -0.3 is 0 Å². The zero-order valence-electron chi connectivity index (χ0n) is 3.85. The van der Waals surface area contributed by atoms with E-state index in [1.54, 1.807) is 0 Å². The van der Waals surface area contributed by atoms with E-state index in [1.807, 2.05) is 0 Å². The molecule has 1 aromatic rings. The number of hydrogen-bond donors (Lipinski definition) is 0. The zero-order valence-corrected chi connectivity index (χ0v) is 5.42. The van der Waals surface area contributed by atoms with Crippen LogP contribution in [0.3, 0.4) is 0 Å². The molecule has 0 spiro atoms. The van der Waals surface area contributed by atoms with Crippen LogP contribution in [0.1, 0.15) is 5.69 Å². The lowest BCUT2D eigenvalue weighted by atomic mass is 10.5. The third-order valence-corrected chi connectivity index (χ3v) is 1.53. The topological polar surface area (TPSA) is 32.8 Å². The van der Waals surface area contributed by atoms with Gasteiger partial charge in [0.1, 0.15) is 6.61 Å². The van der Waals surface area contributed by atoms with Gasteiger partial charge in [-0.2, -0.15) is 0 Å². The van der Waals surface area contributed by atoms with Crippen molar-refractivity contribution in [2.75, 3.05) is 0 Å². The van der Waals surface area contributed by atoms with Crippen molar-refractivity contribution in [3.63, 3.8) is 0 Å². The predicted octanol–water partition coefficient (Wildman–Crippen LogP) is 1.53. The Morgan fingerprint density at radius 1 is 1.88 bits per heavy atom. The van der Waals surface area contributed by atoms with Crippen LogP contribution in [0.5, 0.6) is 0 Å². The van der Waals surface area contributed by atoms with Crippen molar-refractivity contribution in [2.24, 2.45) is 0 Å². The molecule has 0 bridgehead atoms. The van der Waals surface area contributed by atoms with E-state index in [1.165, 1.54) is 0 Å². The first kappa shape index (κ1) is 6.01. The summed E-state index contributed by atoms with van der Waals surface area (Å²) in [6.07, 6.45) is 0. The van der Waals surface area contributed by atoms with Crippen molar-refractivity contribution in [1.82, 2.24) is 4.98 Å². The second-order valence-corrected chi connectivity index (χ2v) is 2.54. The van der Waals surface area contributed by atoms with Gasteiger partial charge in [-0.25, -0.2) is 10.1 Å². The highest BCUT2D eigenvalue weighted by atomic mass is 35.5. The van der Waals surface area contributed by atoms with E-state index in [2.05, 4.69) is 10.4 Å². The summed E-state index contributed by atoms with van der Waals surface area (Å²) in [5.74, 6) is 0. The van der Waals surface area contributed by atoms with Crippen molar-refractivity contribution in [1.29, 1.82) is 0 Å². The van der Waals surface area contributed by atoms with Crippen LogP contribution in [0.2, 0.25) is 4.47 Å². The number of halogens is 1. The Morgan fingerprint density at radius 3 is 2.88 bits per heavy atom. The minimum Gasteiger partial charge on any atom is -0.230 e. The highest BCUT2D eigenvalue weighted by Crippen LogP contribution is 2.13. The zero-order chi connectivity index (χ0) is 5.98. The molecule has 1 heterocycles. The third kappa shape index (κ3) is 1.18. The first-order valence-electron chi connectivity index (χ1n) is 1.94. The fourth-order valence-electron chi connectivity index (χ4n) is 0.315. The molecule has 0 N–H and O–H groups in total. The van der Waals surface area contributed by atoms with Crippen LogP contribution in [-0.2, 0) is 11.7 Å². The fourth-order valence-corrected chi connectivity index (χ4v) is 0.995. The van der Waals surface area contributed by atoms with Gasteiger partial charge in [0.05, 0.1) is 11.1 Å². The quantitative estimate of drug-likeness (QED) is 0.593. The van der Waals surface area contributed by atoms with Crippen LogP contribution in [0, 0.1) is 5.38 Å². The summed E-state index contributed by atoms with van der Waals surface area (Å²) in [5.41, 5.74) is 0.403. The number of nitrogens with zero attached hydrogens (tertiary/aromatic N) is 1. The molecule has 2 nitrogen and oxygen atoms in total. The molecule has 0 atom stereocenters. The summed E-state index contributed by atoms with van der Waals surface area (Å²) in [4.78, 5) is 3.65. The SMILES string of the molecule is [O]Cc1[c]sc(Cl)n1. The van der Waals surface area contributed by atoms with Crippen LogP contribution in [-0.4, -0.2) is 4.98 Å². The van der Waals surface area contributed by atoms with E-state index < -0.39 is 0 Å². The van der Waals surface area contributed by atoms with Crippen molar-refractivity contribution in [3.05, 3.63) is 15.5 Å². The maximum Gasteiger partial charge on any atom is 0.184 e. The maximum absolute atomic E-state index is 10.00. The Morgan fingerprint density at radius 2 is 2.62 bits per heavy atom. The third-order valence-electron chi connectivity index (χ3n) is 0.613. The van der Waals surface area contributed by atoms with Crippen LogP contribution < -0.4 is 0 Å². The van der Waals surface area contributed by atoms with E-state index >= 15 is 0 Å². The van der Waals surface area contributed by atoms with E-state index in [9.17, 15) is 5.11 Å². The molecule has 1 rings (SSSR count). The summed E-state index contributed by atoms with van der Waals surface area (Å²) in [6.45, 7) is -0.330. The summed E-state index contributed by atoms with van der Waals surface area (Å²) in [5, 5.41) is 12.6. The largest absolute Gasteiger partial charge is 0.230 e. The minimum atomic E-state index is -0.330. The molecule has 2 radical (unpaired) electrons. The Hall–Kier alpha value is -0.120. The van der Waals surface area contributed by atoms with Crippen LogP contribution in [0.4, 0.5) is 0 Å². The van der Waals surface area contributed by atoms with Gasteiger partial charge in [0.15, 0.2) is 4.47 Å². The number of thiazole rings is 1. The standard InChI is InChI=1S/C4H2ClNOS/c5-4-6-3(1-7)2-8-4/h1H2. The Bertz CT molecular complexity index is 176. The van der Waals surface area contributed by atoms with Gasteiger partial charge in [0, 0.05) is 0 Å². The second kappa shape index (κ2) is 2.44. The van der Waals surface area contributed by atoms with Crippen molar-refractivity contribution in [3.8, 4) is 0 Å². The monoisotopic (exact) mass is 147 g/mol. The molecule has 0 fully saturated rings. The van der Waals surface area contributed by atoms with Crippen LogP contribution in [0.15, 0.2) is 0 Å². The maximum atomic E-state index is 10.00. The molecule has 4 heteroatoms. The summed E-state index contributed by atoms with van der Waals surface area (Å²) < 4.78 is 0.385. The molecule has 42 valence electrons. The lowest BCUT2D eigenvalue weighted by Gasteiger charge is -1.75. The second-order valence-electron chi connectivity index (χ2n) is 1.16. The Balaban J connectivity index is 2.84. The highest BCUT2D eigenvalue weighted by Gasteiger charge is 1.96. The van der Waals surface area contributed by atoms with Gasteiger partial charge in [0.2, 0.25) is 0 Å². The van der Waals surface area contributed by atoms with Crippen molar-refractivity contribution < 1.29 is 5.11 Å². The molecule has 0 amide bonds. The smallest absolute Gasteiger partial charge is 0.184 e. The lowest BCUT2D eigenvalue weighted by molar-refractivity contribution is 0.174. The van der Waals surface area contributed by atoms with E-state index in [-0.39, 0.29) is 6.61 Å². The van der Waals surface area contributed by atoms with Gasteiger partial charge in [-0.1, -0.05) is 11.6 Å². The molecule has 0 aromatic carbocycles. The highest BCUT2D eigenvalue weighted by molar-refractivity contribution is 7.13. The summed E-state index contributed by atoms with van der Waals surface area (Å²) >= 11 is 6.53. The minimum absolute atomic E-state index is 0.330. The van der Waals surface area contributed by atoms with Gasteiger partial charge in [-0.3, -0.25) is 0 Å². The van der Waals surface area contributed by atoms with E-state index in [0.29, 0.717) is 10.2 Å². The molecular weight excluding hydrogens is 146 g/mol.